The van der Waals surface area contributed by atoms with E-state index in [1.807, 2.05) is 6.92 Å². The fourth-order valence-corrected chi connectivity index (χ4v) is 4.38. The van der Waals surface area contributed by atoms with Gasteiger partial charge < -0.3 is 5.32 Å². The maximum absolute atomic E-state index is 3.60. The predicted molar refractivity (Wildman–Crippen MR) is 78.8 cm³/mol. The molecule has 1 nitrogen and oxygen atoms in total. The van der Waals surface area contributed by atoms with Crippen LogP contribution in [0.4, 0.5) is 0 Å². The molecule has 1 aromatic rings. The average Bonchev–Trinajstić information content (AvgIpc) is 2.58. The van der Waals surface area contributed by atoms with Crippen molar-refractivity contribution in [3.8, 4) is 11.8 Å². The number of thiophene rings is 1. The van der Waals surface area contributed by atoms with Crippen LogP contribution in [-0.4, -0.2) is 6.54 Å². The lowest BCUT2D eigenvalue weighted by Gasteiger charge is -2.15. The van der Waals surface area contributed by atoms with Crippen LogP contribution in [0, 0.1) is 11.8 Å². The van der Waals surface area contributed by atoms with Crippen molar-refractivity contribution in [1.82, 2.24) is 5.32 Å². The minimum absolute atomic E-state index is 0.323. The van der Waals surface area contributed by atoms with Crippen molar-refractivity contribution in [2.45, 2.75) is 32.7 Å². The molecule has 1 N–H and O–H groups in total. The van der Waals surface area contributed by atoms with Crippen molar-refractivity contribution in [3.05, 3.63) is 19.2 Å². The van der Waals surface area contributed by atoms with Crippen LogP contribution >= 0.6 is 43.2 Å². The monoisotopic (exact) mass is 363 g/mol. The van der Waals surface area contributed by atoms with Crippen LogP contribution in [0.5, 0.6) is 0 Å². The zero-order chi connectivity index (χ0) is 12.0. The average molecular weight is 365 g/mol. The van der Waals surface area contributed by atoms with E-state index in [1.165, 1.54) is 9.35 Å². The second-order valence-electron chi connectivity index (χ2n) is 3.42. The highest BCUT2D eigenvalue weighted by atomic mass is 79.9. The van der Waals surface area contributed by atoms with Crippen LogP contribution in [0.3, 0.4) is 0 Å². The van der Waals surface area contributed by atoms with E-state index in [9.17, 15) is 0 Å². The molecule has 0 aliphatic carbocycles. The van der Waals surface area contributed by atoms with Crippen molar-refractivity contribution in [1.29, 1.82) is 0 Å². The zero-order valence-electron chi connectivity index (χ0n) is 9.44. The third-order valence-corrected chi connectivity index (χ3v) is 4.57. The lowest BCUT2D eigenvalue weighted by atomic mass is 10.1. The molecule has 1 unspecified atom stereocenters. The molecule has 0 saturated carbocycles. The maximum Gasteiger partial charge on any atom is 0.0758 e. The number of halogens is 2. The largest absolute Gasteiger partial charge is 0.309 e. The fraction of sp³-hybridized carbons (Fsp3) is 0.500. The minimum atomic E-state index is 0.323. The second-order valence-corrected chi connectivity index (χ2v) is 7.17. The molecule has 1 rings (SSSR count). The summed E-state index contributed by atoms with van der Waals surface area (Å²) in [7, 11) is 0. The van der Waals surface area contributed by atoms with Gasteiger partial charge >= 0.3 is 0 Å². The van der Waals surface area contributed by atoms with Crippen LogP contribution in [0.2, 0.25) is 0 Å². The van der Waals surface area contributed by atoms with Gasteiger partial charge in [-0.05, 0) is 63.4 Å². The van der Waals surface area contributed by atoms with Crippen LogP contribution in [0.15, 0.2) is 13.6 Å². The summed E-state index contributed by atoms with van der Waals surface area (Å²) in [5.74, 6) is 6.11. The maximum atomic E-state index is 3.60. The summed E-state index contributed by atoms with van der Waals surface area (Å²) in [6, 6.07) is 2.49. The van der Waals surface area contributed by atoms with E-state index < -0.39 is 0 Å². The van der Waals surface area contributed by atoms with Gasteiger partial charge in [0, 0.05) is 12.5 Å². The lowest BCUT2D eigenvalue weighted by molar-refractivity contribution is 0.542. The Balaban J connectivity index is 2.80. The third-order valence-electron chi connectivity index (χ3n) is 2.18. The molecule has 1 atom stereocenters. The van der Waals surface area contributed by atoms with E-state index in [1.54, 1.807) is 11.3 Å². The summed E-state index contributed by atoms with van der Waals surface area (Å²) in [5, 5.41) is 3.53. The highest BCUT2D eigenvalue weighted by Crippen LogP contribution is 2.36. The van der Waals surface area contributed by atoms with Gasteiger partial charge in [-0.3, -0.25) is 0 Å². The van der Waals surface area contributed by atoms with E-state index >= 15 is 0 Å². The van der Waals surface area contributed by atoms with E-state index in [0.717, 1.165) is 23.2 Å². The van der Waals surface area contributed by atoms with Crippen molar-refractivity contribution < 1.29 is 0 Å². The SMILES string of the molecule is CC#CCC(NCCC)c1cc(Br)sc1Br. The first-order chi connectivity index (χ1) is 7.69. The first kappa shape index (κ1) is 14.2. The summed E-state index contributed by atoms with van der Waals surface area (Å²) < 4.78 is 2.34. The van der Waals surface area contributed by atoms with Gasteiger partial charge in [0.05, 0.1) is 7.57 Å². The molecule has 0 radical (unpaired) electrons. The Morgan fingerprint density at radius 2 is 2.25 bits per heavy atom. The Bertz CT molecular complexity index is 389. The summed E-state index contributed by atoms with van der Waals surface area (Å²) >= 11 is 8.82. The van der Waals surface area contributed by atoms with Gasteiger partial charge in [-0.2, -0.15) is 0 Å². The summed E-state index contributed by atoms with van der Waals surface area (Å²) in [6.45, 7) is 5.08. The van der Waals surface area contributed by atoms with E-state index in [0.29, 0.717) is 6.04 Å². The van der Waals surface area contributed by atoms with Gasteiger partial charge in [0.2, 0.25) is 0 Å². The van der Waals surface area contributed by atoms with E-state index in [2.05, 4.69) is 62.0 Å². The number of nitrogens with one attached hydrogen (secondary N) is 1. The molecular weight excluding hydrogens is 350 g/mol. The molecule has 0 saturated heterocycles. The van der Waals surface area contributed by atoms with Crippen LogP contribution in [-0.2, 0) is 0 Å². The molecule has 0 aliphatic rings. The Morgan fingerprint density at radius 3 is 2.75 bits per heavy atom. The van der Waals surface area contributed by atoms with Crippen molar-refractivity contribution in [3.63, 3.8) is 0 Å². The Labute approximate surface area is 118 Å². The van der Waals surface area contributed by atoms with Gasteiger partial charge in [-0.1, -0.05) is 6.92 Å². The molecule has 0 spiro atoms. The molecule has 16 heavy (non-hydrogen) atoms. The number of hydrogen-bond donors (Lipinski definition) is 1. The topological polar surface area (TPSA) is 12.0 Å². The third kappa shape index (κ3) is 4.21. The van der Waals surface area contributed by atoms with Crippen molar-refractivity contribution >= 4 is 43.2 Å². The molecule has 0 aliphatic heterocycles. The highest BCUT2D eigenvalue weighted by molar-refractivity contribution is 9.12. The standard InChI is InChI=1S/C12H15Br2NS/c1-3-5-6-10(15-7-4-2)9-8-11(13)16-12(9)14/h8,10,15H,4,6-7H2,1-2H3. The van der Waals surface area contributed by atoms with Gasteiger partial charge in [0.1, 0.15) is 0 Å². The van der Waals surface area contributed by atoms with Crippen LogP contribution in [0.25, 0.3) is 0 Å². The molecule has 0 fully saturated rings. The predicted octanol–water partition coefficient (Wildman–Crippen LogP) is 4.73. The highest BCUT2D eigenvalue weighted by Gasteiger charge is 2.15. The molecular formula is C12H15Br2NS. The molecule has 0 amide bonds. The van der Waals surface area contributed by atoms with Crippen LogP contribution in [0.1, 0.15) is 38.3 Å². The Morgan fingerprint density at radius 1 is 1.50 bits per heavy atom. The smallest absolute Gasteiger partial charge is 0.0758 e. The quantitative estimate of drug-likeness (QED) is 0.745. The first-order valence-electron chi connectivity index (χ1n) is 5.26. The normalized spacial score (nSPS) is 12.0. The summed E-state index contributed by atoms with van der Waals surface area (Å²) in [4.78, 5) is 0. The van der Waals surface area contributed by atoms with Crippen molar-refractivity contribution in [2.24, 2.45) is 0 Å². The number of hydrogen-bond acceptors (Lipinski definition) is 2. The number of rotatable bonds is 5. The molecule has 1 heterocycles. The van der Waals surface area contributed by atoms with Gasteiger partial charge in [0.15, 0.2) is 0 Å². The second kappa shape index (κ2) is 7.50. The summed E-state index contributed by atoms with van der Waals surface area (Å²) in [5.41, 5.74) is 1.30. The first-order valence-corrected chi connectivity index (χ1v) is 7.67. The van der Waals surface area contributed by atoms with Crippen molar-refractivity contribution in [2.75, 3.05) is 6.54 Å². The molecule has 0 bridgehead atoms. The minimum Gasteiger partial charge on any atom is -0.309 e. The molecule has 88 valence electrons. The zero-order valence-corrected chi connectivity index (χ0v) is 13.4. The Hall–Kier alpha value is 0.180. The molecule has 0 aromatic carbocycles. The molecule has 4 heteroatoms. The van der Waals surface area contributed by atoms with Gasteiger partial charge in [-0.25, -0.2) is 0 Å². The van der Waals surface area contributed by atoms with Crippen LogP contribution < -0.4 is 5.32 Å². The summed E-state index contributed by atoms with van der Waals surface area (Å²) in [6.07, 6.45) is 2.00. The molecule has 1 aromatic heterocycles. The fourth-order valence-electron chi connectivity index (χ4n) is 1.41. The lowest BCUT2D eigenvalue weighted by Crippen LogP contribution is -2.21. The van der Waals surface area contributed by atoms with E-state index in [-0.39, 0.29) is 0 Å². The Kier molecular flexibility index (Phi) is 6.67. The van der Waals surface area contributed by atoms with Gasteiger partial charge in [-0.15, -0.1) is 23.2 Å². The van der Waals surface area contributed by atoms with Gasteiger partial charge in [0.25, 0.3) is 0 Å². The van der Waals surface area contributed by atoms with E-state index in [4.69, 9.17) is 0 Å².